The molecular formula is C23H25F3N6O4S. The summed E-state index contributed by atoms with van der Waals surface area (Å²) in [5.74, 6) is -1.13. The highest BCUT2D eigenvalue weighted by Crippen LogP contribution is 2.41. The normalized spacial score (nSPS) is 12.3. The molecule has 37 heavy (non-hydrogen) atoms. The molecule has 0 fully saturated rings. The summed E-state index contributed by atoms with van der Waals surface area (Å²) in [6.07, 6.45) is -2.58. The lowest BCUT2D eigenvalue weighted by Crippen LogP contribution is -2.28. The number of amides is 2. The van der Waals surface area contributed by atoms with E-state index < -0.39 is 23.9 Å². The molecule has 2 amide bonds. The fraction of sp³-hybridized carbons (Fsp3) is 0.348. The van der Waals surface area contributed by atoms with Gasteiger partial charge in [0, 0.05) is 47.6 Å². The van der Waals surface area contributed by atoms with Crippen LogP contribution in [0.15, 0.2) is 29.9 Å². The minimum atomic E-state index is -4.66. The molecule has 0 bridgehead atoms. The smallest absolute Gasteiger partial charge is 0.434 e. The number of likely N-dealkylation sites (N-methyl/N-ethyl adjacent to an activating group) is 1. The van der Waals surface area contributed by atoms with Crippen molar-refractivity contribution in [1.82, 2.24) is 25.2 Å². The van der Waals surface area contributed by atoms with Gasteiger partial charge in [0.05, 0.1) is 5.56 Å². The molecule has 1 atom stereocenters. The molecule has 1 unspecified atom stereocenters. The number of anilines is 1. The number of carboxylic acid groups (broad SMARTS) is 1. The highest BCUT2D eigenvalue weighted by Gasteiger charge is 2.34. The van der Waals surface area contributed by atoms with E-state index in [1.807, 2.05) is 19.0 Å². The second kappa shape index (κ2) is 11.5. The number of pyridine rings is 2. The molecule has 0 saturated heterocycles. The van der Waals surface area contributed by atoms with Crippen molar-refractivity contribution in [2.24, 2.45) is 0 Å². The Morgan fingerprint density at radius 3 is 2.49 bits per heavy atom. The zero-order chi connectivity index (χ0) is 27.3. The van der Waals surface area contributed by atoms with Gasteiger partial charge in [-0.2, -0.15) is 13.2 Å². The Morgan fingerprint density at radius 1 is 1.16 bits per heavy atom. The maximum absolute atomic E-state index is 13.3. The van der Waals surface area contributed by atoms with Crippen molar-refractivity contribution in [2.75, 3.05) is 32.5 Å². The summed E-state index contributed by atoms with van der Waals surface area (Å²) in [4.78, 5) is 37.7. The number of halogens is 3. The number of carboxylic acids is 1. The maximum Gasteiger partial charge on any atom is 0.434 e. The lowest BCUT2D eigenvalue weighted by atomic mass is 10.0. The number of hydrogen-bond donors (Lipinski definition) is 3. The first kappa shape index (κ1) is 27.8. The number of aromatic nitrogens is 3. The number of rotatable bonds is 9. The number of urea groups is 1. The Balaban J connectivity index is 2.20. The summed E-state index contributed by atoms with van der Waals surface area (Å²) >= 11 is 0.743. The van der Waals surface area contributed by atoms with E-state index in [1.165, 1.54) is 18.3 Å². The summed E-state index contributed by atoms with van der Waals surface area (Å²) in [7, 11) is 3.70. The molecule has 0 radical (unpaired) electrons. The molecule has 198 valence electrons. The van der Waals surface area contributed by atoms with Crippen molar-refractivity contribution in [3.8, 4) is 27.6 Å². The van der Waals surface area contributed by atoms with Crippen LogP contribution in [0.4, 0.5) is 23.8 Å². The summed E-state index contributed by atoms with van der Waals surface area (Å²) in [5.41, 5.74) is -0.638. The van der Waals surface area contributed by atoms with Gasteiger partial charge in [0.25, 0.3) is 0 Å². The molecule has 0 aromatic carbocycles. The van der Waals surface area contributed by atoms with Gasteiger partial charge in [0.15, 0.2) is 5.69 Å². The third-order valence-electron chi connectivity index (χ3n) is 4.83. The predicted molar refractivity (Wildman–Crippen MR) is 132 cm³/mol. The van der Waals surface area contributed by atoms with Crippen LogP contribution in [-0.4, -0.2) is 70.2 Å². The van der Waals surface area contributed by atoms with Crippen LogP contribution in [0.5, 0.6) is 5.88 Å². The van der Waals surface area contributed by atoms with Crippen molar-refractivity contribution in [1.29, 1.82) is 0 Å². The van der Waals surface area contributed by atoms with Gasteiger partial charge < -0.3 is 20.1 Å². The minimum Gasteiger partial charge on any atom is -0.478 e. The zero-order valence-corrected chi connectivity index (χ0v) is 21.2. The molecule has 0 aliphatic heterocycles. The van der Waals surface area contributed by atoms with Crippen LogP contribution in [0.25, 0.3) is 21.7 Å². The van der Waals surface area contributed by atoms with E-state index in [-0.39, 0.29) is 45.1 Å². The van der Waals surface area contributed by atoms with Crippen LogP contribution in [-0.2, 0) is 6.18 Å². The van der Waals surface area contributed by atoms with E-state index in [0.29, 0.717) is 13.1 Å². The number of nitrogens with one attached hydrogen (secondary N) is 2. The van der Waals surface area contributed by atoms with Crippen LogP contribution in [0.1, 0.15) is 29.9 Å². The van der Waals surface area contributed by atoms with Crippen LogP contribution >= 0.6 is 11.3 Å². The molecule has 0 aliphatic rings. The average molecular weight is 539 g/mol. The Bertz CT molecular complexity index is 1280. The van der Waals surface area contributed by atoms with Gasteiger partial charge in [-0.3, -0.25) is 5.32 Å². The van der Waals surface area contributed by atoms with Gasteiger partial charge in [-0.1, -0.05) is 0 Å². The summed E-state index contributed by atoms with van der Waals surface area (Å²) in [5, 5.41) is 15.4. The average Bonchev–Trinajstić information content (AvgIpc) is 3.30. The Kier molecular flexibility index (Phi) is 8.65. The third-order valence-corrected chi connectivity index (χ3v) is 5.71. The summed E-state index contributed by atoms with van der Waals surface area (Å²) in [6.45, 7) is 4.38. The molecule has 3 heterocycles. The number of nitrogens with zero attached hydrogens (tertiary/aromatic N) is 4. The molecule has 3 aromatic heterocycles. The molecule has 3 N–H and O–H groups in total. The topological polar surface area (TPSA) is 130 Å². The van der Waals surface area contributed by atoms with Gasteiger partial charge >= 0.3 is 18.2 Å². The number of hydrogen-bond acceptors (Lipinski definition) is 8. The van der Waals surface area contributed by atoms with E-state index in [2.05, 4.69) is 25.6 Å². The van der Waals surface area contributed by atoms with Gasteiger partial charge in [-0.25, -0.2) is 24.5 Å². The van der Waals surface area contributed by atoms with Crippen molar-refractivity contribution in [2.45, 2.75) is 26.1 Å². The Hall–Kier alpha value is -3.78. The van der Waals surface area contributed by atoms with Crippen molar-refractivity contribution in [3.63, 3.8) is 0 Å². The Labute approximate surface area is 214 Å². The maximum atomic E-state index is 13.3. The monoisotopic (exact) mass is 538 g/mol. The van der Waals surface area contributed by atoms with E-state index in [0.717, 1.165) is 22.9 Å². The van der Waals surface area contributed by atoms with Crippen LogP contribution in [0.2, 0.25) is 0 Å². The molecule has 0 saturated carbocycles. The molecule has 10 nitrogen and oxygen atoms in total. The highest BCUT2D eigenvalue weighted by molar-refractivity contribution is 7.13. The van der Waals surface area contributed by atoms with E-state index in [4.69, 9.17) is 4.74 Å². The third kappa shape index (κ3) is 7.13. The molecule has 0 aliphatic carbocycles. The quantitative estimate of drug-likeness (QED) is 0.364. The molecular weight excluding hydrogens is 513 g/mol. The summed E-state index contributed by atoms with van der Waals surface area (Å²) < 4.78 is 45.9. The second-order valence-electron chi connectivity index (χ2n) is 8.21. The lowest BCUT2D eigenvalue weighted by molar-refractivity contribution is -0.140. The van der Waals surface area contributed by atoms with Crippen molar-refractivity contribution >= 4 is 29.2 Å². The van der Waals surface area contributed by atoms with Crippen LogP contribution in [0.3, 0.4) is 0 Å². The van der Waals surface area contributed by atoms with Crippen LogP contribution in [0, 0.1) is 0 Å². The molecule has 0 spiro atoms. The van der Waals surface area contributed by atoms with Gasteiger partial charge in [-0.15, -0.1) is 11.3 Å². The number of alkyl halides is 3. The molecule has 3 rings (SSSR count). The largest absolute Gasteiger partial charge is 0.478 e. The number of thiazole rings is 1. The summed E-state index contributed by atoms with van der Waals surface area (Å²) in [6, 6.07) is 2.12. The number of ether oxygens (including phenoxy) is 1. The van der Waals surface area contributed by atoms with E-state index in [1.54, 1.807) is 13.8 Å². The first-order valence-electron chi connectivity index (χ1n) is 11.0. The first-order chi connectivity index (χ1) is 17.4. The molecule has 14 heteroatoms. The van der Waals surface area contributed by atoms with E-state index >= 15 is 0 Å². The van der Waals surface area contributed by atoms with Crippen molar-refractivity contribution < 1.29 is 32.6 Å². The SMILES string of the molecule is CCNC(=O)Nc1cc(-c2nc(C(F)(F)F)cs2)c(-c2cc(C(=O)O)cnc2OC(C)CN(C)C)cn1. The number of aromatic carboxylic acids is 1. The van der Waals surface area contributed by atoms with Crippen molar-refractivity contribution in [3.05, 3.63) is 41.2 Å². The first-order valence-corrected chi connectivity index (χ1v) is 11.9. The number of carbonyl (C=O) groups excluding carboxylic acids is 1. The Morgan fingerprint density at radius 2 is 1.89 bits per heavy atom. The fourth-order valence-corrected chi connectivity index (χ4v) is 4.22. The van der Waals surface area contributed by atoms with Gasteiger partial charge in [0.2, 0.25) is 5.88 Å². The second-order valence-corrected chi connectivity index (χ2v) is 9.07. The fourth-order valence-electron chi connectivity index (χ4n) is 3.36. The lowest BCUT2D eigenvalue weighted by Gasteiger charge is -2.20. The van der Waals surface area contributed by atoms with E-state index in [9.17, 15) is 27.9 Å². The van der Waals surface area contributed by atoms with Gasteiger partial charge in [-0.05, 0) is 40.1 Å². The minimum absolute atomic E-state index is 0.0170. The highest BCUT2D eigenvalue weighted by atomic mass is 32.1. The van der Waals surface area contributed by atoms with Gasteiger partial charge in [0.1, 0.15) is 16.9 Å². The van der Waals surface area contributed by atoms with Crippen LogP contribution < -0.4 is 15.4 Å². The molecule has 3 aromatic rings. The number of carbonyl (C=O) groups is 2. The predicted octanol–water partition coefficient (Wildman–Crippen LogP) is 4.45. The zero-order valence-electron chi connectivity index (χ0n) is 20.4. The standard InChI is InChI=1S/C23H25F3N6O4S/c1-5-27-22(35)31-18-7-15(20-30-17(11-37-20)23(24,25)26)16(9-28-18)14-6-13(21(33)34)8-29-19(14)36-12(2)10-32(3)4/h6-9,11-12H,5,10H2,1-4H3,(H,33,34)(H2,27,28,31,35).